The Kier molecular flexibility index (Phi) is 10.8. The number of hydrogen-bond acceptors (Lipinski definition) is 3. The Hall–Kier alpha value is -3.20. The normalized spacial score (nSPS) is 14.1. The molecule has 21 heteroatoms. The molecule has 0 saturated carbocycles. The van der Waals surface area contributed by atoms with Gasteiger partial charge >= 0.3 is 41.3 Å². The molecule has 0 aliphatic rings. The fourth-order valence-electron chi connectivity index (χ4n) is 3.21. The van der Waals surface area contributed by atoms with E-state index in [1.165, 1.54) is 0 Å². The molecule has 256 valence electrons. The molecule has 3 aromatic carbocycles. The third-order valence-corrected chi connectivity index (χ3v) is 8.71. The highest BCUT2D eigenvalue weighted by atomic mass is 32.2. The van der Waals surface area contributed by atoms with Crippen LogP contribution in [0.5, 0.6) is 0 Å². The molecule has 0 radical (unpaired) electrons. The topological polar surface area (TPSA) is 57.2 Å². The van der Waals surface area contributed by atoms with Crippen LogP contribution in [0.3, 0.4) is 0 Å². The maximum Gasteiger partial charge on any atom is 0.460 e. The van der Waals surface area contributed by atoms with Crippen LogP contribution >= 0.6 is 0 Å². The first kappa shape index (κ1) is 39.0. The molecule has 0 spiro atoms. The van der Waals surface area contributed by atoms with Crippen molar-refractivity contribution >= 4 is 21.0 Å². The lowest BCUT2D eigenvalue weighted by atomic mass is 9.98. The SMILES string of the molecule is FC(F)(F)c1ccc([S+](c2ccccc2)c2ccccc2)cc1.O=S(=O)([O-])C(F)(F)C(F)(F)C(F)(F)C(F)(F)C(F)(F)C(F)(F)F. The second-order valence-corrected chi connectivity index (χ2v) is 12.2. The van der Waals surface area contributed by atoms with E-state index in [-0.39, 0.29) is 0 Å². The molecule has 46 heavy (non-hydrogen) atoms. The largest absolute Gasteiger partial charge is 0.743 e. The van der Waals surface area contributed by atoms with Crippen molar-refractivity contribution in [2.75, 3.05) is 0 Å². The summed E-state index contributed by atoms with van der Waals surface area (Å²) < 4.78 is 227. The van der Waals surface area contributed by atoms with Crippen molar-refractivity contribution in [1.82, 2.24) is 0 Å². The average Bonchev–Trinajstić information content (AvgIpc) is 2.93. The van der Waals surface area contributed by atoms with Crippen LogP contribution < -0.4 is 0 Å². The zero-order chi connectivity index (χ0) is 35.8. The fraction of sp³-hybridized carbons (Fsp3) is 0.280. The van der Waals surface area contributed by atoms with E-state index >= 15 is 0 Å². The van der Waals surface area contributed by atoms with E-state index in [2.05, 4.69) is 0 Å². The van der Waals surface area contributed by atoms with E-state index in [0.29, 0.717) is 0 Å². The molecule has 0 N–H and O–H groups in total. The van der Waals surface area contributed by atoms with E-state index in [1.54, 1.807) is 12.1 Å². The molecular weight excluding hydrogens is 716 g/mol. The van der Waals surface area contributed by atoms with Crippen LogP contribution in [0.2, 0.25) is 0 Å². The molecular formula is C25H14F16O3S2. The Bertz CT molecular complexity index is 1520. The summed E-state index contributed by atoms with van der Waals surface area (Å²) in [6, 6.07) is 25.1. The third-order valence-electron chi connectivity index (χ3n) is 5.59. The summed E-state index contributed by atoms with van der Waals surface area (Å²) in [4.78, 5) is 3.03. The minimum atomic E-state index is -8.29. The van der Waals surface area contributed by atoms with Crippen molar-refractivity contribution in [2.45, 2.75) is 56.0 Å². The first-order chi connectivity index (χ1) is 20.6. The van der Waals surface area contributed by atoms with Gasteiger partial charge in [0.25, 0.3) is 0 Å². The van der Waals surface area contributed by atoms with Crippen molar-refractivity contribution in [3.05, 3.63) is 90.5 Å². The summed E-state index contributed by atoms with van der Waals surface area (Å²) in [5, 5.41) is -7.63. The lowest BCUT2D eigenvalue weighted by molar-refractivity contribution is -0.433. The quantitative estimate of drug-likeness (QED) is 0.132. The van der Waals surface area contributed by atoms with E-state index in [1.807, 2.05) is 60.7 Å². The molecule has 0 amide bonds. The Labute approximate surface area is 250 Å². The first-order valence-corrected chi connectivity index (χ1v) is 14.1. The first-order valence-electron chi connectivity index (χ1n) is 11.5. The number of hydrogen-bond donors (Lipinski definition) is 0. The van der Waals surface area contributed by atoms with E-state index in [4.69, 9.17) is 0 Å². The Balaban J connectivity index is 0.000000320. The monoisotopic (exact) mass is 730 g/mol. The van der Waals surface area contributed by atoms with Gasteiger partial charge in [-0.25, -0.2) is 8.42 Å². The summed E-state index contributed by atoms with van der Waals surface area (Å²) in [6.45, 7) is 0. The lowest BCUT2D eigenvalue weighted by Crippen LogP contribution is -2.71. The summed E-state index contributed by atoms with van der Waals surface area (Å²) in [7, 11) is -8.27. The summed E-state index contributed by atoms with van der Waals surface area (Å²) in [5.41, 5.74) is -0.620. The summed E-state index contributed by atoms with van der Waals surface area (Å²) >= 11 is 0. The smallest absolute Gasteiger partial charge is 0.460 e. The van der Waals surface area contributed by atoms with Crippen LogP contribution in [0.4, 0.5) is 70.2 Å². The maximum absolute atomic E-state index is 12.8. The van der Waals surface area contributed by atoms with Gasteiger partial charge in [-0.1, -0.05) is 36.4 Å². The zero-order valence-corrected chi connectivity index (χ0v) is 23.3. The maximum atomic E-state index is 12.8. The number of halogens is 16. The van der Waals surface area contributed by atoms with Gasteiger partial charge in [-0.05, 0) is 48.5 Å². The molecule has 0 aliphatic heterocycles. The Morgan fingerprint density at radius 3 is 1.09 bits per heavy atom. The molecule has 3 aromatic rings. The second-order valence-electron chi connectivity index (χ2n) is 8.72. The molecule has 0 fully saturated rings. The molecule has 0 unspecified atom stereocenters. The molecule has 0 aliphatic carbocycles. The van der Waals surface area contributed by atoms with Gasteiger partial charge in [0.05, 0.1) is 16.5 Å². The van der Waals surface area contributed by atoms with Gasteiger partial charge in [0.2, 0.25) is 0 Å². The molecule has 3 rings (SSSR count). The Morgan fingerprint density at radius 1 is 0.457 bits per heavy atom. The van der Waals surface area contributed by atoms with Crippen LogP contribution in [0.25, 0.3) is 0 Å². The van der Waals surface area contributed by atoms with Crippen molar-refractivity contribution in [2.24, 2.45) is 0 Å². The van der Waals surface area contributed by atoms with Gasteiger partial charge in [-0.15, -0.1) is 0 Å². The summed E-state index contributed by atoms with van der Waals surface area (Å²) in [6.07, 6.45) is -11.9. The van der Waals surface area contributed by atoms with Crippen molar-refractivity contribution in [3.63, 3.8) is 0 Å². The van der Waals surface area contributed by atoms with Gasteiger partial charge in [-0.3, -0.25) is 0 Å². The van der Waals surface area contributed by atoms with Crippen molar-refractivity contribution < 1.29 is 83.2 Å². The van der Waals surface area contributed by atoms with Gasteiger partial charge in [0.15, 0.2) is 24.8 Å². The highest BCUT2D eigenvalue weighted by Gasteiger charge is 2.91. The summed E-state index contributed by atoms with van der Waals surface area (Å²) in [5.74, 6) is -32.6. The molecule has 0 saturated heterocycles. The van der Waals surface area contributed by atoms with Crippen LogP contribution in [0.1, 0.15) is 5.56 Å². The highest BCUT2D eigenvalue weighted by Crippen LogP contribution is 2.60. The van der Waals surface area contributed by atoms with Crippen molar-refractivity contribution in [1.29, 1.82) is 0 Å². The van der Waals surface area contributed by atoms with Crippen LogP contribution in [-0.4, -0.2) is 48.1 Å². The number of alkyl halides is 16. The van der Waals surface area contributed by atoms with Crippen molar-refractivity contribution in [3.8, 4) is 0 Å². The predicted octanol–water partition coefficient (Wildman–Crippen LogP) is 9.03. The molecule has 3 nitrogen and oxygen atoms in total. The van der Waals surface area contributed by atoms with Gasteiger partial charge in [0, 0.05) is 0 Å². The standard InChI is InChI=1S/C19H14F3S.C6HF13O3S/c20-19(21,22)15-11-13-18(14-12-15)23(16-7-3-1-4-8-16)17-9-5-2-6-10-17;7-1(8,3(11,12)5(15,16)17)2(9,10)4(13,14)6(18,19)23(20,21)22/h1-14H;(H,20,21,22)/q+1;/p-1. The predicted molar refractivity (Wildman–Crippen MR) is 127 cm³/mol. The lowest BCUT2D eigenvalue weighted by Gasteiger charge is -2.39. The molecule has 0 heterocycles. The Morgan fingerprint density at radius 2 is 0.783 bits per heavy atom. The average molecular weight is 730 g/mol. The molecule has 0 atom stereocenters. The van der Waals surface area contributed by atoms with Gasteiger partial charge in [-0.2, -0.15) is 70.2 Å². The highest BCUT2D eigenvalue weighted by molar-refractivity contribution is 7.97. The molecule has 0 bridgehead atoms. The fourth-order valence-corrected chi connectivity index (χ4v) is 5.74. The van der Waals surface area contributed by atoms with Gasteiger partial charge < -0.3 is 4.55 Å². The van der Waals surface area contributed by atoms with Gasteiger partial charge in [0.1, 0.15) is 0 Å². The van der Waals surface area contributed by atoms with E-state index in [9.17, 15) is 83.2 Å². The minimum absolute atomic E-state index is 0.417. The number of rotatable bonds is 8. The van der Waals surface area contributed by atoms with Crippen LogP contribution in [0, 0.1) is 0 Å². The molecule has 0 aromatic heterocycles. The van der Waals surface area contributed by atoms with E-state index < -0.39 is 67.9 Å². The minimum Gasteiger partial charge on any atom is -0.743 e. The third kappa shape index (κ3) is 7.19. The van der Waals surface area contributed by atoms with E-state index in [0.717, 1.165) is 26.8 Å². The zero-order valence-electron chi connectivity index (χ0n) is 21.7. The second kappa shape index (κ2) is 12.8. The van der Waals surface area contributed by atoms with Crippen LogP contribution in [0.15, 0.2) is 99.6 Å². The number of benzene rings is 3. The van der Waals surface area contributed by atoms with Crippen LogP contribution in [-0.2, 0) is 27.2 Å².